The maximum absolute atomic E-state index is 13.6. The quantitative estimate of drug-likeness (QED) is 0.764. The largest absolute Gasteiger partial charge is 0.352 e. The zero-order valence-electron chi connectivity index (χ0n) is 10.5. The molecule has 1 aliphatic rings. The monoisotopic (exact) mass is 391 g/mol. The molecular formula is C14H16Br2FNO. The molecule has 1 saturated carbocycles. The number of amides is 1. The van der Waals surface area contributed by atoms with Gasteiger partial charge in [-0.2, -0.15) is 0 Å². The van der Waals surface area contributed by atoms with E-state index in [1.807, 2.05) is 0 Å². The van der Waals surface area contributed by atoms with Gasteiger partial charge < -0.3 is 5.32 Å². The van der Waals surface area contributed by atoms with E-state index in [4.69, 9.17) is 0 Å². The van der Waals surface area contributed by atoms with E-state index < -0.39 is 5.82 Å². The molecule has 1 amide bonds. The Labute approximate surface area is 129 Å². The lowest BCUT2D eigenvalue weighted by Gasteiger charge is -2.27. The van der Waals surface area contributed by atoms with Crippen LogP contribution in [-0.4, -0.2) is 17.3 Å². The highest BCUT2D eigenvalue weighted by Gasteiger charge is 2.23. The van der Waals surface area contributed by atoms with Crippen molar-refractivity contribution in [2.24, 2.45) is 5.92 Å². The summed E-state index contributed by atoms with van der Waals surface area (Å²) in [4.78, 5) is 12.4. The maximum atomic E-state index is 13.6. The first-order valence-electron chi connectivity index (χ1n) is 6.45. The molecular weight excluding hydrogens is 377 g/mol. The van der Waals surface area contributed by atoms with E-state index in [0.29, 0.717) is 21.8 Å². The van der Waals surface area contributed by atoms with Crippen molar-refractivity contribution in [3.8, 4) is 0 Å². The van der Waals surface area contributed by atoms with Crippen molar-refractivity contribution >= 4 is 37.8 Å². The Balaban J connectivity index is 1.93. The van der Waals surface area contributed by atoms with E-state index in [2.05, 4.69) is 37.2 Å². The highest BCUT2D eigenvalue weighted by Crippen LogP contribution is 2.29. The summed E-state index contributed by atoms with van der Waals surface area (Å²) in [5, 5.41) is 2.84. The van der Waals surface area contributed by atoms with Gasteiger partial charge in [0.15, 0.2) is 0 Å². The molecule has 2 unspecified atom stereocenters. The van der Waals surface area contributed by atoms with Crippen LogP contribution in [0.4, 0.5) is 4.39 Å². The van der Waals surface area contributed by atoms with E-state index in [0.717, 1.165) is 12.8 Å². The molecule has 1 N–H and O–H groups in total. The number of rotatable bonds is 3. The van der Waals surface area contributed by atoms with Gasteiger partial charge in [0.25, 0.3) is 5.91 Å². The predicted molar refractivity (Wildman–Crippen MR) is 81.1 cm³/mol. The molecule has 1 aliphatic carbocycles. The summed E-state index contributed by atoms with van der Waals surface area (Å²) in [6.07, 6.45) is 4.70. The van der Waals surface area contributed by atoms with Crippen molar-refractivity contribution in [1.82, 2.24) is 5.32 Å². The molecule has 0 aromatic heterocycles. The molecule has 19 heavy (non-hydrogen) atoms. The summed E-state index contributed by atoms with van der Waals surface area (Å²) in [7, 11) is 0. The number of nitrogens with one attached hydrogen (secondary N) is 1. The number of carbonyl (C=O) groups is 1. The summed E-state index contributed by atoms with van der Waals surface area (Å²) in [6, 6.07) is 4.48. The van der Waals surface area contributed by atoms with Crippen LogP contribution in [0.1, 0.15) is 36.0 Å². The average Bonchev–Trinajstić information content (AvgIpc) is 2.37. The Morgan fingerprint density at radius 3 is 2.79 bits per heavy atom. The summed E-state index contributed by atoms with van der Waals surface area (Å²) in [5.74, 6) is -0.391. The van der Waals surface area contributed by atoms with Gasteiger partial charge in [0.1, 0.15) is 5.82 Å². The second kappa shape index (κ2) is 6.84. The fraction of sp³-hybridized carbons (Fsp3) is 0.500. The smallest absolute Gasteiger partial charge is 0.254 e. The molecule has 0 heterocycles. The third kappa shape index (κ3) is 4.02. The second-order valence-corrected chi connectivity index (χ2v) is 6.99. The van der Waals surface area contributed by atoms with Crippen molar-refractivity contribution < 1.29 is 9.18 Å². The normalized spacial score (nSPS) is 23.1. The zero-order chi connectivity index (χ0) is 13.8. The molecule has 0 aliphatic heterocycles. The highest BCUT2D eigenvalue weighted by molar-refractivity contribution is 9.10. The van der Waals surface area contributed by atoms with Crippen LogP contribution in [0.3, 0.4) is 0 Å². The molecule has 2 atom stereocenters. The van der Waals surface area contributed by atoms with Gasteiger partial charge in [0.05, 0.1) is 5.56 Å². The summed E-state index contributed by atoms with van der Waals surface area (Å²) >= 11 is 6.83. The van der Waals surface area contributed by atoms with Crippen LogP contribution in [-0.2, 0) is 0 Å². The fourth-order valence-electron chi connectivity index (χ4n) is 2.38. The molecule has 0 radical (unpaired) electrons. The number of carbonyl (C=O) groups excluding carboxylic acids is 1. The van der Waals surface area contributed by atoms with Crippen molar-refractivity contribution in [3.63, 3.8) is 0 Å². The molecule has 104 valence electrons. The second-order valence-electron chi connectivity index (χ2n) is 4.89. The molecule has 5 heteroatoms. The van der Waals surface area contributed by atoms with Crippen LogP contribution in [0.5, 0.6) is 0 Å². The van der Waals surface area contributed by atoms with Gasteiger partial charge in [-0.1, -0.05) is 44.7 Å². The number of hydrogen-bond donors (Lipinski definition) is 1. The first kappa shape index (κ1) is 15.0. The lowest BCUT2D eigenvalue weighted by Crippen LogP contribution is -2.34. The zero-order valence-corrected chi connectivity index (χ0v) is 13.6. The van der Waals surface area contributed by atoms with Gasteiger partial charge in [-0.05, 0) is 37.0 Å². The van der Waals surface area contributed by atoms with Gasteiger partial charge in [-0.15, -0.1) is 0 Å². The van der Waals surface area contributed by atoms with Gasteiger partial charge in [0, 0.05) is 15.8 Å². The van der Waals surface area contributed by atoms with Crippen molar-refractivity contribution in [3.05, 3.63) is 34.1 Å². The number of halogens is 3. The van der Waals surface area contributed by atoms with Crippen molar-refractivity contribution in [2.75, 3.05) is 6.54 Å². The minimum atomic E-state index is -0.495. The van der Waals surface area contributed by atoms with Gasteiger partial charge in [-0.3, -0.25) is 4.79 Å². The van der Waals surface area contributed by atoms with Crippen molar-refractivity contribution in [2.45, 2.75) is 30.5 Å². The number of benzene rings is 1. The number of hydrogen-bond acceptors (Lipinski definition) is 1. The third-order valence-electron chi connectivity index (χ3n) is 3.52. The Hall–Kier alpha value is -0.420. The van der Waals surface area contributed by atoms with E-state index in [1.54, 1.807) is 6.07 Å². The highest BCUT2D eigenvalue weighted by atomic mass is 79.9. The maximum Gasteiger partial charge on any atom is 0.254 e. The molecule has 0 bridgehead atoms. The summed E-state index contributed by atoms with van der Waals surface area (Å²) in [6.45, 7) is 0.601. The van der Waals surface area contributed by atoms with E-state index in [9.17, 15) is 9.18 Å². The fourth-order valence-corrected chi connectivity index (χ4v) is 3.49. The predicted octanol–water partition coefficient (Wildman–Crippen LogP) is 4.27. The first-order valence-corrected chi connectivity index (χ1v) is 8.16. The van der Waals surface area contributed by atoms with Crippen LogP contribution in [0, 0.1) is 11.7 Å². The molecule has 1 fully saturated rings. The molecule has 2 rings (SSSR count). The van der Waals surface area contributed by atoms with Crippen molar-refractivity contribution in [1.29, 1.82) is 0 Å². The van der Waals surface area contributed by atoms with E-state index >= 15 is 0 Å². The average molecular weight is 393 g/mol. The summed E-state index contributed by atoms with van der Waals surface area (Å²) in [5.41, 5.74) is 0.102. The molecule has 1 aromatic carbocycles. The lowest BCUT2D eigenvalue weighted by atomic mass is 9.89. The first-order chi connectivity index (χ1) is 9.08. The molecule has 1 aromatic rings. The van der Waals surface area contributed by atoms with Crippen LogP contribution in [0.15, 0.2) is 22.7 Å². The third-order valence-corrected chi connectivity index (χ3v) is 5.22. The Bertz CT molecular complexity index is 467. The van der Waals surface area contributed by atoms with E-state index in [-0.39, 0.29) is 11.5 Å². The van der Waals surface area contributed by atoms with Gasteiger partial charge >= 0.3 is 0 Å². The van der Waals surface area contributed by atoms with Crippen LogP contribution in [0.2, 0.25) is 0 Å². The van der Waals surface area contributed by atoms with Crippen LogP contribution >= 0.6 is 31.9 Å². The molecule has 2 nitrogen and oxygen atoms in total. The van der Waals surface area contributed by atoms with Crippen LogP contribution < -0.4 is 5.32 Å². The minimum Gasteiger partial charge on any atom is -0.352 e. The molecule has 0 spiro atoms. The van der Waals surface area contributed by atoms with Crippen LogP contribution in [0.25, 0.3) is 0 Å². The Morgan fingerprint density at radius 1 is 1.37 bits per heavy atom. The number of alkyl halides is 1. The molecule has 0 saturated heterocycles. The SMILES string of the molecule is O=C(NCC1CCCCC1Br)c1ccc(Br)cc1F. The Morgan fingerprint density at radius 2 is 2.11 bits per heavy atom. The Kier molecular flexibility index (Phi) is 5.39. The topological polar surface area (TPSA) is 29.1 Å². The minimum absolute atomic E-state index is 0.102. The lowest BCUT2D eigenvalue weighted by molar-refractivity contribution is 0.0940. The van der Waals surface area contributed by atoms with E-state index in [1.165, 1.54) is 25.0 Å². The van der Waals surface area contributed by atoms with Gasteiger partial charge in [-0.25, -0.2) is 4.39 Å². The van der Waals surface area contributed by atoms with Gasteiger partial charge in [0.2, 0.25) is 0 Å². The standard InChI is InChI=1S/C14H16Br2FNO/c15-10-5-6-11(13(17)7-10)14(19)18-8-9-3-1-2-4-12(9)16/h5-7,9,12H,1-4,8H2,(H,18,19). The summed E-state index contributed by atoms with van der Waals surface area (Å²) < 4.78 is 14.3.